The zero-order valence-electron chi connectivity index (χ0n) is 12.6. The number of rotatable bonds is 4. The molecule has 1 saturated carbocycles. The fourth-order valence-corrected chi connectivity index (χ4v) is 2.87. The van der Waals surface area contributed by atoms with E-state index in [1.165, 1.54) is 5.56 Å². The Bertz CT molecular complexity index is 615. The summed E-state index contributed by atoms with van der Waals surface area (Å²) in [6.45, 7) is 0.673. The van der Waals surface area contributed by atoms with E-state index in [0.29, 0.717) is 18.2 Å². The molecule has 116 valence electrons. The molecule has 1 fully saturated rings. The Hall–Kier alpha value is -2.14. The molecular formula is C17H22N4O. The van der Waals surface area contributed by atoms with Gasteiger partial charge in [-0.05, 0) is 31.2 Å². The predicted octanol–water partition coefficient (Wildman–Crippen LogP) is 1.93. The van der Waals surface area contributed by atoms with Gasteiger partial charge in [0, 0.05) is 18.3 Å². The molecule has 2 aromatic rings. The van der Waals surface area contributed by atoms with Gasteiger partial charge in [0.15, 0.2) is 0 Å². The largest absolute Gasteiger partial charge is 0.349 e. The van der Waals surface area contributed by atoms with Crippen LogP contribution in [0.25, 0.3) is 0 Å². The lowest BCUT2D eigenvalue weighted by molar-refractivity contribution is 0.0926. The second-order valence-corrected chi connectivity index (χ2v) is 6.00. The van der Waals surface area contributed by atoms with Gasteiger partial charge in [-0.15, -0.1) is 0 Å². The number of nitrogens with one attached hydrogen (secondary N) is 1. The number of hydrogen-bond acceptors (Lipinski definition) is 3. The number of amides is 1. The van der Waals surface area contributed by atoms with E-state index in [9.17, 15) is 4.79 Å². The van der Waals surface area contributed by atoms with Crippen LogP contribution in [0.4, 0.5) is 0 Å². The number of hydrogen-bond donors (Lipinski definition) is 2. The van der Waals surface area contributed by atoms with Gasteiger partial charge in [-0.1, -0.05) is 30.3 Å². The van der Waals surface area contributed by atoms with Gasteiger partial charge in [0.05, 0.1) is 18.3 Å². The van der Waals surface area contributed by atoms with E-state index in [0.717, 1.165) is 25.7 Å². The molecule has 0 unspecified atom stereocenters. The monoisotopic (exact) mass is 298 g/mol. The fourth-order valence-electron chi connectivity index (χ4n) is 2.87. The first-order chi connectivity index (χ1) is 10.7. The number of nitrogens with zero attached hydrogens (tertiary/aromatic N) is 2. The van der Waals surface area contributed by atoms with E-state index in [-0.39, 0.29) is 11.9 Å². The Morgan fingerprint density at radius 2 is 1.95 bits per heavy atom. The molecule has 1 aromatic heterocycles. The van der Waals surface area contributed by atoms with Crippen LogP contribution in [0.2, 0.25) is 0 Å². The number of aromatic nitrogens is 2. The zero-order chi connectivity index (χ0) is 15.4. The van der Waals surface area contributed by atoms with Gasteiger partial charge in [-0.25, -0.2) is 0 Å². The standard InChI is InChI=1S/C17H22N4O/c18-15-6-8-16(9-7-15)20-17(22)14-10-19-21(12-14)11-13-4-2-1-3-5-13/h1-5,10,12,15-16H,6-9,11,18H2,(H,20,22). The molecule has 0 spiro atoms. The Morgan fingerprint density at radius 3 is 2.68 bits per heavy atom. The Balaban J connectivity index is 1.57. The molecule has 5 nitrogen and oxygen atoms in total. The lowest BCUT2D eigenvalue weighted by Gasteiger charge is -2.26. The van der Waals surface area contributed by atoms with Crippen molar-refractivity contribution in [3.8, 4) is 0 Å². The number of nitrogens with two attached hydrogens (primary N) is 1. The first-order valence-corrected chi connectivity index (χ1v) is 7.83. The van der Waals surface area contributed by atoms with Crippen molar-refractivity contribution < 1.29 is 4.79 Å². The van der Waals surface area contributed by atoms with Crippen LogP contribution >= 0.6 is 0 Å². The predicted molar refractivity (Wildman–Crippen MR) is 85.5 cm³/mol. The second-order valence-electron chi connectivity index (χ2n) is 6.00. The van der Waals surface area contributed by atoms with E-state index in [2.05, 4.69) is 10.4 Å². The van der Waals surface area contributed by atoms with E-state index in [4.69, 9.17) is 5.73 Å². The van der Waals surface area contributed by atoms with Crippen molar-refractivity contribution in [2.45, 2.75) is 44.3 Å². The molecule has 0 bridgehead atoms. The van der Waals surface area contributed by atoms with Gasteiger partial charge >= 0.3 is 0 Å². The Labute approximate surface area is 130 Å². The summed E-state index contributed by atoms with van der Waals surface area (Å²) in [5.74, 6) is -0.0419. The Morgan fingerprint density at radius 1 is 1.23 bits per heavy atom. The molecule has 1 aromatic carbocycles. The van der Waals surface area contributed by atoms with E-state index in [1.807, 2.05) is 30.3 Å². The van der Waals surface area contributed by atoms with Crippen molar-refractivity contribution in [2.24, 2.45) is 5.73 Å². The summed E-state index contributed by atoms with van der Waals surface area (Å²) in [5, 5.41) is 7.36. The summed E-state index contributed by atoms with van der Waals surface area (Å²) in [4.78, 5) is 12.3. The van der Waals surface area contributed by atoms with Crippen LogP contribution < -0.4 is 11.1 Å². The lowest BCUT2D eigenvalue weighted by Crippen LogP contribution is -2.40. The fraction of sp³-hybridized carbons (Fsp3) is 0.412. The SMILES string of the molecule is NC1CCC(NC(=O)c2cnn(Cc3ccccc3)c2)CC1. The normalized spacial score (nSPS) is 21.5. The number of carbonyl (C=O) groups is 1. The smallest absolute Gasteiger partial charge is 0.254 e. The summed E-state index contributed by atoms with van der Waals surface area (Å²) < 4.78 is 1.79. The summed E-state index contributed by atoms with van der Waals surface area (Å²) in [7, 11) is 0. The van der Waals surface area contributed by atoms with Crippen LogP contribution in [0, 0.1) is 0 Å². The molecule has 0 radical (unpaired) electrons. The average molecular weight is 298 g/mol. The van der Waals surface area contributed by atoms with E-state index in [1.54, 1.807) is 17.1 Å². The van der Waals surface area contributed by atoms with Gasteiger partial charge in [0.25, 0.3) is 5.91 Å². The molecule has 0 saturated heterocycles. The minimum atomic E-state index is -0.0419. The first kappa shape index (κ1) is 14.8. The van der Waals surface area contributed by atoms with Gasteiger partial charge in [-0.3, -0.25) is 9.48 Å². The topological polar surface area (TPSA) is 72.9 Å². The minimum Gasteiger partial charge on any atom is -0.349 e. The van der Waals surface area contributed by atoms with Crippen molar-refractivity contribution in [3.05, 3.63) is 53.9 Å². The molecule has 3 N–H and O–H groups in total. The summed E-state index contributed by atoms with van der Waals surface area (Å²) in [6.07, 6.45) is 7.33. The van der Waals surface area contributed by atoms with Crippen LogP contribution in [0.5, 0.6) is 0 Å². The third-order valence-electron chi connectivity index (χ3n) is 4.19. The van der Waals surface area contributed by atoms with Crippen LogP contribution in [-0.4, -0.2) is 27.8 Å². The molecule has 1 aliphatic rings. The molecule has 0 aliphatic heterocycles. The van der Waals surface area contributed by atoms with Gasteiger partial charge in [0.1, 0.15) is 0 Å². The van der Waals surface area contributed by atoms with Crippen LogP contribution in [0.15, 0.2) is 42.7 Å². The summed E-state index contributed by atoms with van der Waals surface area (Å²) in [6, 6.07) is 10.6. The van der Waals surface area contributed by atoms with Crippen molar-refractivity contribution >= 4 is 5.91 Å². The molecule has 3 rings (SSSR count). The van der Waals surface area contributed by atoms with Crippen LogP contribution in [-0.2, 0) is 6.54 Å². The molecule has 1 heterocycles. The molecule has 0 atom stereocenters. The van der Waals surface area contributed by atoms with Gasteiger partial charge in [-0.2, -0.15) is 5.10 Å². The van der Waals surface area contributed by atoms with E-state index < -0.39 is 0 Å². The maximum Gasteiger partial charge on any atom is 0.254 e. The van der Waals surface area contributed by atoms with E-state index >= 15 is 0 Å². The van der Waals surface area contributed by atoms with Crippen molar-refractivity contribution in [3.63, 3.8) is 0 Å². The number of benzene rings is 1. The summed E-state index contributed by atoms with van der Waals surface area (Å²) in [5.41, 5.74) is 7.67. The third-order valence-corrected chi connectivity index (χ3v) is 4.19. The van der Waals surface area contributed by atoms with Gasteiger partial charge in [0.2, 0.25) is 0 Å². The highest BCUT2D eigenvalue weighted by Crippen LogP contribution is 2.17. The third kappa shape index (κ3) is 3.74. The maximum atomic E-state index is 12.3. The van der Waals surface area contributed by atoms with Crippen molar-refractivity contribution in [1.82, 2.24) is 15.1 Å². The maximum absolute atomic E-state index is 12.3. The highest BCUT2D eigenvalue weighted by molar-refractivity contribution is 5.93. The molecule has 5 heteroatoms. The molecular weight excluding hydrogens is 276 g/mol. The highest BCUT2D eigenvalue weighted by atomic mass is 16.1. The molecule has 1 amide bonds. The molecule has 1 aliphatic carbocycles. The second kappa shape index (κ2) is 6.75. The van der Waals surface area contributed by atoms with Crippen LogP contribution in [0.1, 0.15) is 41.6 Å². The minimum absolute atomic E-state index is 0.0419. The van der Waals surface area contributed by atoms with Crippen molar-refractivity contribution in [2.75, 3.05) is 0 Å². The van der Waals surface area contributed by atoms with Gasteiger partial charge < -0.3 is 11.1 Å². The summed E-state index contributed by atoms with van der Waals surface area (Å²) >= 11 is 0. The lowest BCUT2D eigenvalue weighted by atomic mass is 9.92. The zero-order valence-corrected chi connectivity index (χ0v) is 12.6. The first-order valence-electron chi connectivity index (χ1n) is 7.83. The quantitative estimate of drug-likeness (QED) is 0.906. The molecule has 22 heavy (non-hydrogen) atoms. The number of carbonyl (C=O) groups excluding carboxylic acids is 1. The van der Waals surface area contributed by atoms with Crippen LogP contribution in [0.3, 0.4) is 0 Å². The Kier molecular flexibility index (Phi) is 4.53. The van der Waals surface area contributed by atoms with Crippen molar-refractivity contribution in [1.29, 1.82) is 0 Å². The highest BCUT2D eigenvalue weighted by Gasteiger charge is 2.21. The average Bonchev–Trinajstić information content (AvgIpc) is 2.99.